The van der Waals surface area contributed by atoms with Crippen molar-refractivity contribution in [1.82, 2.24) is 9.80 Å². The van der Waals surface area contributed by atoms with Crippen molar-refractivity contribution in [2.75, 3.05) is 39.4 Å². The van der Waals surface area contributed by atoms with Crippen LogP contribution >= 0.6 is 36.4 Å². The number of benzene rings is 1. The average Bonchev–Trinajstić information content (AvgIpc) is 2.64. The monoisotopic (exact) mass is 423 g/mol. The number of piperazine rings is 1. The van der Waals surface area contributed by atoms with Crippen molar-refractivity contribution in [2.24, 2.45) is 11.7 Å². The molecule has 2 fully saturated rings. The number of hydrogen-bond donors (Lipinski definition) is 1. The Bertz CT molecular complexity index is 545. The highest BCUT2D eigenvalue weighted by Gasteiger charge is 2.31. The van der Waals surface area contributed by atoms with Crippen LogP contribution in [0.3, 0.4) is 0 Å². The molecular formula is C18H28Cl3N3O2. The highest BCUT2D eigenvalue weighted by atomic mass is 35.5. The number of nitrogens with two attached hydrogens (primary N) is 1. The Morgan fingerprint density at radius 2 is 1.69 bits per heavy atom. The molecule has 2 aliphatic rings. The zero-order valence-electron chi connectivity index (χ0n) is 14.8. The molecule has 2 N–H and O–H groups in total. The van der Waals surface area contributed by atoms with Gasteiger partial charge in [-0.1, -0.05) is 23.7 Å². The minimum atomic E-state index is -0.378. The Morgan fingerprint density at radius 3 is 2.27 bits per heavy atom. The van der Waals surface area contributed by atoms with Gasteiger partial charge in [0.05, 0.1) is 6.04 Å². The molecule has 2 heterocycles. The minimum Gasteiger partial charge on any atom is -0.381 e. The Labute approximate surface area is 173 Å². The molecule has 8 heteroatoms. The van der Waals surface area contributed by atoms with E-state index in [-0.39, 0.29) is 42.7 Å². The number of halogens is 3. The van der Waals surface area contributed by atoms with Crippen LogP contribution in [0.1, 0.15) is 18.4 Å². The zero-order chi connectivity index (χ0) is 16.9. The molecule has 0 saturated carbocycles. The summed E-state index contributed by atoms with van der Waals surface area (Å²) in [7, 11) is 0. The maximum Gasteiger partial charge on any atom is 0.239 e. The van der Waals surface area contributed by atoms with Gasteiger partial charge in [0.1, 0.15) is 0 Å². The fourth-order valence-corrected chi connectivity index (χ4v) is 3.59. The maximum absolute atomic E-state index is 12.6. The van der Waals surface area contributed by atoms with Crippen LogP contribution in [0, 0.1) is 5.92 Å². The van der Waals surface area contributed by atoms with E-state index < -0.39 is 0 Å². The predicted molar refractivity (Wildman–Crippen MR) is 109 cm³/mol. The Morgan fingerprint density at radius 1 is 1.12 bits per heavy atom. The average molecular weight is 425 g/mol. The lowest BCUT2D eigenvalue weighted by molar-refractivity contribution is -0.136. The highest BCUT2D eigenvalue weighted by Crippen LogP contribution is 2.20. The molecule has 0 spiro atoms. The molecular weight excluding hydrogens is 397 g/mol. The number of ether oxygens (including phenoxy) is 1. The lowest BCUT2D eigenvalue weighted by Gasteiger charge is -2.37. The Hall–Kier alpha value is -0.560. The standard InChI is InChI=1S/C18H26ClN3O2.2ClH/c19-16-3-1-14(2-4-16)13-21-7-9-22(10-8-21)18(23)17(20)15-5-11-24-12-6-15;;/h1-4,15,17H,5-13,20H2;2*1H. The molecule has 0 radical (unpaired) electrons. The second kappa shape index (κ2) is 11.3. The topological polar surface area (TPSA) is 58.8 Å². The van der Waals surface area contributed by atoms with Gasteiger partial charge in [-0.05, 0) is 36.5 Å². The SMILES string of the molecule is Cl.Cl.NC(C(=O)N1CCN(Cc2ccc(Cl)cc2)CC1)C1CCOCC1. The lowest BCUT2D eigenvalue weighted by Crippen LogP contribution is -2.55. The molecule has 3 rings (SSSR count). The largest absolute Gasteiger partial charge is 0.381 e. The van der Waals surface area contributed by atoms with Gasteiger partial charge in [0, 0.05) is 51.0 Å². The molecule has 2 saturated heterocycles. The van der Waals surface area contributed by atoms with Crippen molar-refractivity contribution < 1.29 is 9.53 Å². The highest BCUT2D eigenvalue weighted by molar-refractivity contribution is 6.30. The Balaban J connectivity index is 0.00000169. The van der Waals surface area contributed by atoms with Crippen LogP contribution in [0.25, 0.3) is 0 Å². The quantitative estimate of drug-likeness (QED) is 0.807. The number of carbonyl (C=O) groups is 1. The first-order valence-electron chi connectivity index (χ1n) is 8.72. The smallest absolute Gasteiger partial charge is 0.239 e. The van der Waals surface area contributed by atoms with Gasteiger partial charge in [-0.15, -0.1) is 24.8 Å². The van der Waals surface area contributed by atoms with E-state index >= 15 is 0 Å². The fourth-order valence-electron chi connectivity index (χ4n) is 3.46. The third-order valence-corrected chi connectivity index (χ3v) is 5.31. The van der Waals surface area contributed by atoms with Gasteiger partial charge in [-0.25, -0.2) is 0 Å². The molecule has 1 unspecified atom stereocenters. The normalized spacial score (nSPS) is 20.0. The van der Waals surface area contributed by atoms with E-state index in [0.717, 1.165) is 63.8 Å². The first-order chi connectivity index (χ1) is 11.6. The van der Waals surface area contributed by atoms with Crippen molar-refractivity contribution in [2.45, 2.75) is 25.4 Å². The third-order valence-electron chi connectivity index (χ3n) is 5.06. The predicted octanol–water partition coefficient (Wildman–Crippen LogP) is 2.58. The van der Waals surface area contributed by atoms with E-state index in [9.17, 15) is 4.79 Å². The summed E-state index contributed by atoms with van der Waals surface area (Å²) in [5.74, 6) is 0.367. The van der Waals surface area contributed by atoms with Crippen LogP contribution < -0.4 is 5.73 Å². The fraction of sp³-hybridized carbons (Fsp3) is 0.611. The van der Waals surface area contributed by atoms with Gasteiger partial charge in [0.15, 0.2) is 0 Å². The maximum atomic E-state index is 12.6. The Kier molecular flexibility index (Phi) is 10.2. The second-order valence-electron chi connectivity index (χ2n) is 6.70. The van der Waals surface area contributed by atoms with E-state index in [4.69, 9.17) is 22.1 Å². The molecule has 148 valence electrons. The van der Waals surface area contributed by atoms with Gasteiger partial charge >= 0.3 is 0 Å². The van der Waals surface area contributed by atoms with Gasteiger partial charge in [-0.2, -0.15) is 0 Å². The summed E-state index contributed by atoms with van der Waals surface area (Å²) in [6, 6.07) is 7.58. The van der Waals surface area contributed by atoms with Crippen molar-refractivity contribution in [1.29, 1.82) is 0 Å². The molecule has 0 bridgehead atoms. The number of rotatable bonds is 4. The van der Waals surface area contributed by atoms with Crippen LogP contribution in [0.4, 0.5) is 0 Å². The summed E-state index contributed by atoms with van der Waals surface area (Å²) in [6.07, 6.45) is 1.78. The number of amides is 1. The van der Waals surface area contributed by atoms with E-state index in [1.807, 2.05) is 17.0 Å². The summed E-state index contributed by atoms with van der Waals surface area (Å²) in [6.45, 7) is 5.61. The summed E-state index contributed by atoms with van der Waals surface area (Å²) in [5.41, 5.74) is 7.47. The summed E-state index contributed by atoms with van der Waals surface area (Å²) >= 11 is 5.92. The number of carbonyl (C=O) groups excluding carboxylic acids is 1. The van der Waals surface area contributed by atoms with Crippen LogP contribution in [0.15, 0.2) is 24.3 Å². The van der Waals surface area contributed by atoms with Crippen molar-refractivity contribution in [3.8, 4) is 0 Å². The van der Waals surface area contributed by atoms with Crippen molar-refractivity contribution in [3.05, 3.63) is 34.9 Å². The molecule has 1 amide bonds. The van der Waals surface area contributed by atoms with Crippen molar-refractivity contribution in [3.63, 3.8) is 0 Å². The van der Waals surface area contributed by atoms with Crippen LogP contribution in [0.5, 0.6) is 0 Å². The van der Waals surface area contributed by atoms with Gasteiger partial charge < -0.3 is 15.4 Å². The van der Waals surface area contributed by atoms with E-state index in [1.165, 1.54) is 5.56 Å². The van der Waals surface area contributed by atoms with Gasteiger partial charge in [0.2, 0.25) is 5.91 Å². The molecule has 1 aromatic rings. The second-order valence-corrected chi connectivity index (χ2v) is 7.14. The molecule has 0 aromatic heterocycles. The van der Waals surface area contributed by atoms with Gasteiger partial charge in [0.25, 0.3) is 0 Å². The third kappa shape index (κ3) is 6.25. The van der Waals surface area contributed by atoms with E-state index in [2.05, 4.69) is 17.0 Å². The summed E-state index contributed by atoms with van der Waals surface area (Å²) in [5, 5.41) is 0.760. The van der Waals surface area contributed by atoms with E-state index in [1.54, 1.807) is 0 Å². The summed E-state index contributed by atoms with van der Waals surface area (Å²) < 4.78 is 5.36. The molecule has 1 aromatic carbocycles. The van der Waals surface area contributed by atoms with Crippen LogP contribution in [0.2, 0.25) is 5.02 Å². The molecule has 2 aliphatic heterocycles. The summed E-state index contributed by atoms with van der Waals surface area (Å²) in [4.78, 5) is 16.9. The number of hydrogen-bond acceptors (Lipinski definition) is 4. The lowest BCUT2D eigenvalue weighted by atomic mass is 9.91. The van der Waals surface area contributed by atoms with E-state index in [0.29, 0.717) is 0 Å². The minimum absolute atomic E-state index is 0. The number of nitrogens with zero attached hydrogens (tertiary/aromatic N) is 2. The van der Waals surface area contributed by atoms with Crippen LogP contribution in [-0.2, 0) is 16.1 Å². The molecule has 5 nitrogen and oxygen atoms in total. The van der Waals surface area contributed by atoms with Crippen molar-refractivity contribution >= 4 is 42.3 Å². The molecule has 1 atom stereocenters. The van der Waals surface area contributed by atoms with Crippen LogP contribution in [-0.4, -0.2) is 61.1 Å². The molecule has 26 heavy (non-hydrogen) atoms. The van der Waals surface area contributed by atoms with Gasteiger partial charge in [-0.3, -0.25) is 9.69 Å². The first-order valence-corrected chi connectivity index (χ1v) is 9.10. The first kappa shape index (κ1) is 23.5. The zero-order valence-corrected chi connectivity index (χ0v) is 17.2. The molecule has 0 aliphatic carbocycles.